The lowest BCUT2D eigenvalue weighted by Gasteiger charge is -2.35. The largest absolute Gasteiger partial charge is 0.377 e. The van der Waals surface area contributed by atoms with Gasteiger partial charge in [-0.3, -0.25) is 0 Å². The van der Waals surface area contributed by atoms with Crippen molar-refractivity contribution in [3.8, 4) is 0 Å². The van der Waals surface area contributed by atoms with Crippen molar-refractivity contribution >= 4 is 10.0 Å². The highest BCUT2D eigenvalue weighted by atomic mass is 32.2. The van der Waals surface area contributed by atoms with Gasteiger partial charge in [-0.2, -0.15) is 4.31 Å². The Hall–Kier alpha value is -0.170. The number of nitrogens with one attached hydrogen (secondary N) is 1. The van der Waals surface area contributed by atoms with Gasteiger partial charge in [0.1, 0.15) is 0 Å². The predicted molar refractivity (Wildman–Crippen MR) is 80.3 cm³/mol. The fraction of sp³-hybridized carbons (Fsp3) is 1.00. The van der Waals surface area contributed by atoms with E-state index in [0.29, 0.717) is 13.2 Å². The molecule has 0 radical (unpaired) electrons. The van der Waals surface area contributed by atoms with Crippen LogP contribution in [0.3, 0.4) is 0 Å². The zero-order valence-corrected chi connectivity index (χ0v) is 13.3. The minimum atomic E-state index is -3.20. The molecule has 20 heavy (non-hydrogen) atoms. The zero-order valence-electron chi connectivity index (χ0n) is 12.5. The molecule has 0 aromatic heterocycles. The molecule has 0 bridgehead atoms. The molecule has 0 aliphatic carbocycles. The lowest BCUT2D eigenvalue weighted by molar-refractivity contribution is 0.0296. The highest BCUT2D eigenvalue weighted by Gasteiger charge is 2.32. The van der Waals surface area contributed by atoms with Gasteiger partial charge in [-0.05, 0) is 51.6 Å². The van der Waals surface area contributed by atoms with E-state index >= 15 is 0 Å². The number of piperidine rings is 1. The molecule has 1 N–H and O–H groups in total. The van der Waals surface area contributed by atoms with Crippen LogP contribution in [0.5, 0.6) is 0 Å². The van der Waals surface area contributed by atoms with Crippen molar-refractivity contribution in [2.75, 3.05) is 32.0 Å². The van der Waals surface area contributed by atoms with Gasteiger partial charge in [0.05, 0.1) is 11.9 Å². The molecule has 1 atom stereocenters. The quantitative estimate of drug-likeness (QED) is 0.805. The fourth-order valence-corrected chi connectivity index (χ4v) is 5.18. The molecule has 2 rings (SSSR count). The van der Waals surface area contributed by atoms with Gasteiger partial charge in [-0.25, -0.2) is 8.42 Å². The second-order valence-corrected chi connectivity index (χ2v) is 7.83. The second-order valence-electron chi connectivity index (χ2n) is 5.86. The Bertz CT molecular complexity index is 374. The lowest BCUT2D eigenvalue weighted by Crippen LogP contribution is -2.48. The van der Waals surface area contributed by atoms with Crippen molar-refractivity contribution < 1.29 is 13.2 Å². The molecule has 2 saturated heterocycles. The first-order chi connectivity index (χ1) is 9.63. The summed E-state index contributed by atoms with van der Waals surface area (Å²) in [6.07, 6.45) is 5.63. The highest BCUT2D eigenvalue weighted by molar-refractivity contribution is 7.89. The second kappa shape index (κ2) is 7.73. The molecular formula is C14H28N2O3S. The molecule has 0 amide bonds. The average molecular weight is 304 g/mol. The van der Waals surface area contributed by atoms with Crippen LogP contribution in [0.2, 0.25) is 0 Å². The lowest BCUT2D eigenvalue weighted by atomic mass is 10.1. The van der Waals surface area contributed by atoms with Crippen molar-refractivity contribution in [2.45, 2.75) is 57.6 Å². The van der Waals surface area contributed by atoms with E-state index in [9.17, 15) is 8.42 Å². The van der Waals surface area contributed by atoms with Gasteiger partial charge in [0.2, 0.25) is 10.0 Å². The molecular weight excluding hydrogens is 276 g/mol. The summed E-state index contributed by atoms with van der Waals surface area (Å²) in [6, 6.07) is 0.171. The van der Waals surface area contributed by atoms with E-state index in [0.717, 1.165) is 51.6 Å². The Balaban J connectivity index is 2.01. The molecule has 0 aromatic rings. The maximum absolute atomic E-state index is 12.7. The summed E-state index contributed by atoms with van der Waals surface area (Å²) in [5.41, 5.74) is 0. The number of hydrogen-bond acceptors (Lipinski definition) is 4. The van der Waals surface area contributed by atoms with Crippen LogP contribution in [0.1, 0.15) is 45.4 Å². The third-order valence-electron chi connectivity index (χ3n) is 4.19. The first-order valence-corrected chi connectivity index (χ1v) is 9.56. The minimum Gasteiger partial charge on any atom is -0.377 e. The maximum Gasteiger partial charge on any atom is 0.216 e. The summed E-state index contributed by atoms with van der Waals surface area (Å²) in [5, 5.41) is 3.30. The van der Waals surface area contributed by atoms with E-state index in [-0.39, 0.29) is 17.9 Å². The van der Waals surface area contributed by atoms with Crippen molar-refractivity contribution in [3.63, 3.8) is 0 Å². The van der Waals surface area contributed by atoms with Gasteiger partial charge < -0.3 is 10.1 Å². The summed E-state index contributed by atoms with van der Waals surface area (Å²) in [6.45, 7) is 5.22. The van der Waals surface area contributed by atoms with Crippen LogP contribution < -0.4 is 5.32 Å². The van der Waals surface area contributed by atoms with Crippen molar-refractivity contribution in [1.82, 2.24) is 9.62 Å². The monoisotopic (exact) mass is 304 g/mol. The van der Waals surface area contributed by atoms with Gasteiger partial charge in [0.15, 0.2) is 0 Å². The number of sulfonamides is 1. The van der Waals surface area contributed by atoms with E-state index in [1.165, 1.54) is 0 Å². The molecule has 2 aliphatic rings. The van der Waals surface area contributed by atoms with Crippen molar-refractivity contribution in [2.24, 2.45) is 0 Å². The summed E-state index contributed by atoms with van der Waals surface area (Å²) in [7, 11) is -3.20. The van der Waals surface area contributed by atoms with E-state index in [2.05, 4.69) is 5.32 Å². The summed E-state index contributed by atoms with van der Waals surface area (Å²) < 4.78 is 32.8. The van der Waals surface area contributed by atoms with Crippen LogP contribution in [0.15, 0.2) is 0 Å². The van der Waals surface area contributed by atoms with Gasteiger partial charge >= 0.3 is 0 Å². The van der Waals surface area contributed by atoms with E-state index in [4.69, 9.17) is 4.74 Å². The molecule has 0 aromatic carbocycles. The molecule has 2 fully saturated rings. The Kier molecular flexibility index (Phi) is 6.26. The predicted octanol–water partition coefficient (Wildman–Crippen LogP) is 1.35. The first-order valence-electron chi connectivity index (χ1n) is 7.95. The standard InChI is InChI=1S/C14H28N2O3S/c1-2-10-16(13-6-8-15-9-7-13)20(17,18)12-14-5-3-4-11-19-14/h13-15H,2-12H2,1H3/t14-/m1/s1. The summed E-state index contributed by atoms with van der Waals surface area (Å²) in [5.74, 6) is 0.164. The molecule has 2 aliphatic heterocycles. The Morgan fingerprint density at radius 1 is 1.20 bits per heavy atom. The minimum absolute atomic E-state index is 0.102. The molecule has 5 nitrogen and oxygen atoms in total. The Labute approximate surface area is 123 Å². The molecule has 0 saturated carbocycles. The van der Waals surface area contributed by atoms with Crippen molar-refractivity contribution in [1.29, 1.82) is 0 Å². The average Bonchev–Trinajstić information content (AvgIpc) is 2.46. The van der Waals surface area contributed by atoms with Gasteiger partial charge in [-0.1, -0.05) is 6.92 Å². The summed E-state index contributed by atoms with van der Waals surface area (Å²) in [4.78, 5) is 0. The smallest absolute Gasteiger partial charge is 0.216 e. The third kappa shape index (κ3) is 4.41. The maximum atomic E-state index is 12.7. The number of rotatable bonds is 6. The molecule has 0 unspecified atom stereocenters. The van der Waals surface area contributed by atoms with E-state index < -0.39 is 10.0 Å². The zero-order chi connectivity index (χ0) is 14.4. The van der Waals surface area contributed by atoms with Gasteiger partial charge in [0.25, 0.3) is 0 Å². The third-order valence-corrected chi connectivity index (χ3v) is 6.18. The number of hydrogen-bond donors (Lipinski definition) is 1. The normalized spacial score (nSPS) is 26.0. The number of ether oxygens (including phenoxy) is 1. The fourth-order valence-electron chi connectivity index (χ4n) is 3.13. The Morgan fingerprint density at radius 2 is 1.95 bits per heavy atom. The molecule has 2 heterocycles. The van der Waals surface area contributed by atoms with Crippen LogP contribution in [-0.2, 0) is 14.8 Å². The van der Waals surface area contributed by atoms with Crippen LogP contribution in [-0.4, -0.2) is 56.9 Å². The summed E-state index contributed by atoms with van der Waals surface area (Å²) >= 11 is 0. The topological polar surface area (TPSA) is 58.6 Å². The number of nitrogens with zero attached hydrogens (tertiary/aromatic N) is 1. The molecule has 118 valence electrons. The Morgan fingerprint density at radius 3 is 2.55 bits per heavy atom. The SMILES string of the molecule is CCCN(C1CCNCC1)S(=O)(=O)C[C@H]1CCCCO1. The van der Waals surface area contributed by atoms with E-state index in [1.54, 1.807) is 4.31 Å². The van der Waals surface area contributed by atoms with Gasteiger partial charge in [-0.15, -0.1) is 0 Å². The van der Waals surface area contributed by atoms with Crippen molar-refractivity contribution in [3.05, 3.63) is 0 Å². The highest BCUT2D eigenvalue weighted by Crippen LogP contribution is 2.21. The van der Waals surface area contributed by atoms with Gasteiger partial charge in [0, 0.05) is 19.2 Å². The van der Waals surface area contributed by atoms with Crippen LogP contribution in [0.25, 0.3) is 0 Å². The van der Waals surface area contributed by atoms with Crippen LogP contribution in [0.4, 0.5) is 0 Å². The van der Waals surface area contributed by atoms with Crippen LogP contribution in [0, 0.1) is 0 Å². The van der Waals surface area contributed by atoms with E-state index in [1.807, 2.05) is 6.92 Å². The first kappa shape index (κ1) is 16.2. The van der Waals surface area contributed by atoms with Crippen LogP contribution >= 0.6 is 0 Å². The molecule has 6 heteroatoms. The molecule has 0 spiro atoms.